The highest BCUT2D eigenvalue weighted by Crippen LogP contribution is 2.28. The first-order chi connectivity index (χ1) is 11.9. The van der Waals surface area contributed by atoms with Crippen LogP contribution < -0.4 is 10.6 Å². The summed E-state index contributed by atoms with van der Waals surface area (Å²) in [5.41, 5.74) is 0.572. The lowest BCUT2D eigenvalue weighted by Gasteiger charge is -2.22. The summed E-state index contributed by atoms with van der Waals surface area (Å²) in [5.74, 6) is -1.13. The number of anilines is 1. The van der Waals surface area contributed by atoms with Gasteiger partial charge in [0, 0.05) is 15.6 Å². The molecule has 1 amide bonds. The van der Waals surface area contributed by atoms with E-state index in [1.165, 1.54) is 24.3 Å². The molecule has 0 aromatic heterocycles. The van der Waals surface area contributed by atoms with Crippen LogP contribution in [0.15, 0.2) is 47.8 Å². The Balaban J connectivity index is 2.05. The van der Waals surface area contributed by atoms with Crippen LogP contribution >= 0.6 is 34.8 Å². The number of nitrogens with zero attached hydrogens (tertiary/aromatic N) is 1. The summed E-state index contributed by atoms with van der Waals surface area (Å²) in [4.78, 5) is 24.9. The Bertz CT molecular complexity index is 993. The second kappa shape index (κ2) is 6.77. The van der Waals surface area contributed by atoms with Crippen molar-refractivity contribution >= 4 is 52.2 Å². The van der Waals surface area contributed by atoms with Crippen LogP contribution in [0.3, 0.4) is 0 Å². The number of fused-ring (bicyclic) bond motifs is 1. The third-order valence-corrected chi connectivity index (χ3v) is 4.27. The standard InChI is InChI=1S/C17H8Cl3N3O2/c18-8-2-4-14-11(5-8)17(25)23-16(22-14)12(7-21)15(24)10-3-1-9(19)6-13(10)20/h1-6,22H,(H,23,25). The zero-order chi connectivity index (χ0) is 18.1. The van der Waals surface area contributed by atoms with Crippen molar-refractivity contribution in [3.05, 3.63) is 74.0 Å². The second-order valence-corrected chi connectivity index (χ2v) is 6.36. The largest absolute Gasteiger partial charge is 0.340 e. The smallest absolute Gasteiger partial charge is 0.258 e. The fraction of sp³-hybridized carbons (Fsp3) is 0. The van der Waals surface area contributed by atoms with Gasteiger partial charge in [0.25, 0.3) is 5.91 Å². The lowest BCUT2D eigenvalue weighted by molar-refractivity contribution is 0.0963. The number of hydrogen-bond donors (Lipinski definition) is 2. The molecule has 2 aromatic rings. The summed E-state index contributed by atoms with van der Waals surface area (Å²) in [6.07, 6.45) is 0. The van der Waals surface area contributed by atoms with Gasteiger partial charge >= 0.3 is 0 Å². The molecule has 1 aliphatic heterocycles. The van der Waals surface area contributed by atoms with Gasteiger partial charge in [0.15, 0.2) is 0 Å². The predicted octanol–water partition coefficient (Wildman–Crippen LogP) is 4.42. The average molecular weight is 393 g/mol. The molecule has 0 fully saturated rings. The molecule has 3 rings (SSSR count). The van der Waals surface area contributed by atoms with E-state index in [1.54, 1.807) is 12.1 Å². The Hall–Kier alpha value is -2.52. The highest BCUT2D eigenvalue weighted by molar-refractivity contribution is 6.37. The van der Waals surface area contributed by atoms with Crippen LogP contribution in [0.2, 0.25) is 15.1 Å². The van der Waals surface area contributed by atoms with Gasteiger partial charge in [0.2, 0.25) is 5.78 Å². The summed E-state index contributed by atoms with van der Waals surface area (Å²) in [5, 5.41) is 15.6. The van der Waals surface area contributed by atoms with E-state index in [0.717, 1.165) is 0 Å². The molecule has 2 N–H and O–H groups in total. The quantitative estimate of drug-likeness (QED) is 0.450. The molecule has 1 heterocycles. The number of rotatable bonds is 2. The summed E-state index contributed by atoms with van der Waals surface area (Å²) >= 11 is 17.7. The van der Waals surface area contributed by atoms with Crippen molar-refractivity contribution in [2.24, 2.45) is 0 Å². The van der Waals surface area contributed by atoms with Gasteiger partial charge in [-0.2, -0.15) is 5.26 Å². The molecule has 0 spiro atoms. The van der Waals surface area contributed by atoms with Crippen molar-refractivity contribution in [2.45, 2.75) is 0 Å². The van der Waals surface area contributed by atoms with Gasteiger partial charge in [0.05, 0.1) is 16.3 Å². The van der Waals surface area contributed by atoms with Gasteiger partial charge in [-0.15, -0.1) is 0 Å². The van der Waals surface area contributed by atoms with Crippen molar-refractivity contribution in [3.63, 3.8) is 0 Å². The number of benzene rings is 2. The van der Waals surface area contributed by atoms with Gasteiger partial charge < -0.3 is 10.6 Å². The van der Waals surface area contributed by atoms with Gasteiger partial charge in [-0.1, -0.05) is 34.8 Å². The lowest BCUT2D eigenvalue weighted by atomic mass is 10.0. The Kier molecular flexibility index (Phi) is 4.69. The molecule has 8 heteroatoms. The SMILES string of the molecule is N#CC(C(=O)c1ccc(Cl)cc1Cl)=C1NC(=O)c2cc(Cl)ccc2N1. The van der Waals surface area contributed by atoms with E-state index in [0.29, 0.717) is 21.3 Å². The minimum Gasteiger partial charge on any atom is -0.340 e. The molecule has 0 unspecified atom stereocenters. The molecule has 124 valence electrons. The first-order valence-electron chi connectivity index (χ1n) is 6.92. The normalized spacial score (nSPS) is 14.7. The van der Waals surface area contributed by atoms with E-state index in [2.05, 4.69) is 10.6 Å². The maximum absolute atomic E-state index is 12.7. The molecular formula is C17H8Cl3N3O2. The van der Waals surface area contributed by atoms with Crippen LogP contribution in [-0.4, -0.2) is 11.7 Å². The Morgan fingerprint density at radius 2 is 1.68 bits per heavy atom. The van der Waals surface area contributed by atoms with Gasteiger partial charge in [0.1, 0.15) is 17.5 Å². The molecule has 0 bridgehead atoms. The van der Waals surface area contributed by atoms with E-state index in [4.69, 9.17) is 34.8 Å². The van der Waals surface area contributed by atoms with E-state index >= 15 is 0 Å². The molecule has 0 atom stereocenters. The van der Waals surface area contributed by atoms with E-state index in [1.807, 2.05) is 6.07 Å². The number of nitriles is 1. The number of halogens is 3. The average Bonchev–Trinajstić information content (AvgIpc) is 2.56. The van der Waals surface area contributed by atoms with Crippen molar-refractivity contribution in [1.29, 1.82) is 5.26 Å². The highest BCUT2D eigenvalue weighted by Gasteiger charge is 2.26. The van der Waals surface area contributed by atoms with E-state index < -0.39 is 11.7 Å². The number of carbonyl (C=O) groups is 2. The van der Waals surface area contributed by atoms with Crippen LogP contribution in [0.5, 0.6) is 0 Å². The minimum absolute atomic E-state index is 0.0154. The number of amides is 1. The monoisotopic (exact) mass is 391 g/mol. The second-order valence-electron chi connectivity index (χ2n) is 5.08. The molecule has 0 saturated heterocycles. The van der Waals surface area contributed by atoms with Crippen LogP contribution in [0.4, 0.5) is 5.69 Å². The third-order valence-electron chi connectivity index (χ3n) is 3.49. The zero-order valence-electron chi connectivity index (χ0n) is 12.4. The molecule has 1 aliphatic rings. The molecule has 0 radical (unpaired) electrons. The number of ketones is 1. The predicted molar refractivity (Wildman–Crippen MR) is 96.0 cm³/mol. The van der Waals surface area contributed by atoms with Gasteiger partial charge in [-0.05, 0) is 36.4 Å². The maximum atomic E-state index is 12.7. The summed E-state index contributed by atoms with van der Waals surface area (Å²) in [6, 6.07) is 10.8. The number of hydrogen-bond acceptors (Lipinski definition) is 4. The van der Waals surface area contributed by atoms with Crippen molar-refractivity contribution < 1.29 is 9.59 Å². The maximum Gasteiger partial charge on any atom is 0.258 e. The highest BCUT2D eigenvalue weighted by atomic mass is 35.5. The van der Waals surface area contributed by atoms with E-state index in [9.17, 15) is 14.9 Å². The number of carbonyl (C=O) groups excluding carboxylic acids is 2. The fourth-order valence-corrected chi connectivity index (χ4v) is 2.98. The Labute approximate surface area is 157 Å². The number of nitrogens with one attached hydrogen (secondary N) is 2. The van der Waals surface area contributed by atoms with Crippen LogP contribution in [0.1, 0.15) is 20.7 Å². The molecule has 25 heavy (non-hydrogen) atoms. The lowest BCUT2D eigenvalue weighted by Crippen LogP contribution is -2.35. The molecule has 0 aliphatic carbocycles. The van der Waals surface area contributed by atoms with Crippen LogP contribution in [0, 0.1) is 11.3 Å². The van der Waals surface area contributed by atoms with Gasteiger partial charge in [-0.3, -0.25) is 9.59 Å². The van der Waals surface area contributed by atoms with Crippen molar-refractivity contribution in [1.82, 2.24) is 5.32 Å². The Morgan fingerprint density at radius 3 is 2.36 bits per heavy atom. The first-order valence-corrected chi connectivity index (χ1v) is 8.06. The molecule has 0 saturated carbocycles. The zero-order valence-corrected chi connectivity index (χ0v) is 14.6. The molecular weight excluding hydrogens is 385 g/mol. The van der Waals surface area contributed by atoms with Crippen molar-refractivity contribution in [2.75, 3.05) is 5.32 Å². The third kappa shape index (κ3) is 3.33. The fourth-order valence-electron chi connectivity index (χ4n) is 2.31. The topological polar surface area (TPSA) is 82.0 Å². The van der Waals surface area contributed by atoms with Crippen LogP contribution in [0.25, 0.3) is 0 Å². The van der Waals surface area contributed by atoms with Crippen molar-refractivity contribution in [3.8, 4) is 6.07 Å². The minimum atomic E-state index is -0.635. The Morgan fingerprint density at radius 1 is 1.00 bits per heavy atom. The van der Waals surface area contributed by atoms with Crippen LogP contribution in [-0.2, 0) is 0 Å². The molecule has 5 nitrogen and oxygen atoms in total. The first kappa shape index (κ1) is 17.3. The number of allylic oxidation sites excluding steroid dienone is 1. The van der Waals surface area contributed by atoms with Gasteiger partial charge in [-0.25, -0.2) is 0 Å². The summed E-state index contributed by atoms with van der Waals surface area (Å²) < 4.78 is 0. The summed E-state index contributed by atoms with van der Waals surface area (Å²) in [7, 11) is 0. The summed E-state index contributed by atoms with van der Waals surface area (Å²) in [6.45, 7) is 0. The number of Topliss-reactive ketones (excluding diaryl/α,β-unsaturated/α-hetero) is 1. The van der Waals surface area contributed by atoms with E-state index in [-0.39, 0.29) is 22.0 Å². The molecule has 2 aromatic carbocycles.